The van der Waals surface area contributed by atoms with Crippen LogP contribution in [0.4, 0.5) is 5.69 Å². The first-order valence-corrected chi connectivity index (χ1v) is 9.78. The highest BCUT2D eigenvalue weighted by Crippen LogP contribution is 2.31. The van der Waals surface area contributed by atoms with E-state index in [2.05, 4.69) is 4.72 Å². The van der Waals surface area contributed by atoms with Gasteiger partial charge in [-0.15, -0.1) is 11.3 Å². The van der Waals surface area contributed by atoms with Crippen LogP contribution >= 0.6 is 11.3 Å². The molecule has 0 radical (unpaired) electrons. The van der Waals surface area contributed by atoms with E-state index >= 15 is 0 Å². The number of para-hydroxylation sites is 2. The number of methoxy groups -OCH3 is 1. The van der Waals surface area contributed by atoms with Crippen molar-refractivity contribution in [2.24, 2.45) is 0 Å². The third kappa shape index (κ3) is 4.12. The number of ether oxygens (including phenoxy) is 2. The summed E-state index contributed by atoms with van der Waals surface area (Å²) < 4.78 is 38.5. The Labute approximate surface area is 150 Å². The first kappa shape index (κ1) is 17.3. The van der Waals surface area contributed by atoms with Crippen molar-refractivity contribution in [3.63, 3.8) is 0 Å². The molecule has 0 bridgehead atoms. The third-order valence-corrected chi connectivity index (χ3v) is 6.26. The number of thiophene rings is 1. The second-order valence-corrected chi connectivity index (χ2v) is 8.45. The molecule has 0 aliphatic rings. The molecule has 0 unspecified atom stereocenters. The summed E-state index contributed by atoms with van der Waals surface area (Å²) in [4.78, 5) is 0.945. The quantitative estimate of drug-likeness (QED) is 0.681. The van der Waals surface area contributed by atoms with E-state index < -0.39 is 10.0 Å². The van der Waals surface area contributed by atoms with Gasteiger partial charge in [-0.3, -0.25) is 4.72 Å². The summed E-state index contributed by atoms with van der Waals surface area (Å²) in [6.45, 7) is 1.87. The summed E-state index contributed by atoms with van der Waals surface area (Å²) >= 11 is 1.23. The Morgan fingerprint density at radius 1 is 0.920 bits per heavy atom. The van der Waals surface area contributed by atoms with Crippen molar-refractivity contribution in [3.8, 4) is 17.2 Å². The lowest BCUT2D eigenvalue weighted by molar-refractivity contribution is 0.379. The van der Waals surface area contributed by atoms with Gasteiger partial charge in [-0.05, 0) is 55.5 Å². The van der Waals surface area contributed by atoms with Crippen LogP contribution in [0.25, 0.3) is 0 Å². The molecule has 0 spiro atoms. The monoisotopic (exact) mass is 375 g/mol. The minimum atomic E-state index is -3.57. The number of aryl methyl sites for hydroxylation is 1. The number of hydrogen-bond acceptors (Lipinski definition) is 5. The number of benzene rings is 2. The number of rotatable bonds is 6. The maximum atomic E-state index is 12.3. The van der Waals surface area contributed by atoms with Gasteiger partial charge in [0.2, 0.25) is 0 Å². The predicted molar refractivity (Wildman–Crippen MR) is 99.4 cm³/mol. The number of sulfonamides is 1. The van der Waals surface area contributed by atoms with Crippen LogP contribution in [-0.2, 0) is 10.0 Å². The van der Waals surface area contributed by atoms with Gasteiger partial charge >= 0.3 is 0 Å². The van der Waals surface area contributed by atoms with E-state index in [0.717, 1.165) is 4.88 Å². The van der Waals surface area contributed by atoms with Gasteiger partial charge in [0, 0.05) is 10.6 Å². The zero-order valence-electron chi connectivity index (χ0n) is 13.7. The lowest BCUT2D eigenvalue weighted by Crippen LogP contribution is -2.11. The molecule has 0 fully saturated rings. The maximum Gasteiger partial charge on any atom is 0.271 e. The first-order chi connectivity index (χ1) is 12.0. The van der Waals surface area contributed by atoms with E-state index in [-0.39, 0.29) is 0 Å². The van der Waals surface area contributed by atoms with Crippen molar-refractivity contribution in [2.45, 2.75) is 11.1 Å². The van der Waals surface area contributed by atoms with E-state index in [1.165, 1.54) is 11.3 Å². The normalized spacial score (nSPS) is 11.1. The molecule has 1 heterocycles. The predicted octanol–water partition coefficient (Wildman–Crippen LogP) is 4.66. The van der Waals surface area contributed by atoms with E-state index in [1.807, 2.05) is 19.1 Å². The van der Waals surface area contributed by atoms with Gasteiger partial charge in [0.15, 0.2) is 11.5 Å². The minimum Gasteiger partial charge on any atom is -0.493 e. The van der Waals surface area contributed by atoms with Crippen molar-refractivity contribution in [3.05, 3.63) is 65.5 Å². The molecule has 0 aliphatic heterocycles. The van der Waals surface area contributed by atoms with E-state index in [1.54, 1.807) is 55.6 Å². The van der Waals surface area contributed by atoms with Crippen LogP contribution in [0.1, 0.15) is 4.88 Å². The van der Waals surface area contributed by atoms with Crippen molar-refractivity contribution in [2.75, 3.05) is 11.8 Å². The largest absolute Gasteiger partial charge is 0.493 e. The molecule has 1 N–H and O–H groups in total. The molecular formula is C18H17NO4S2. The molecular weight excluding hydrogens is 358 g/mol. The van der Waals surface area contributed by atoms with Gasteiger partial charge in [0.25, 0.3) is 10.0 Å². The third-order valence-electron chi connectivity index (χ3n) is 3.38. The van der Waals surface area contributed by atoms with Crippen LogP contribution in [-0.4, -0.2) is 15.5 Å². The standard InChI is InChI=1S/C18H17NO4S2/c1-13-7-12-18(24-13)25(20,21)19-14-8-10-15(11-9-14)23-17-6-4-3-5-16(17)22-2/h3-12,19H,1-2H3. The second kappa shape index (κ2) is 7.16. The fraction of sp³-hybridized carbons (Fsp3) is 0.111. The van der Waals surface area contributed by atoms with Gasteiger partial charge in [0.1, 0.15) is 9.96 Å². The Balaban J connectivity index is 1.74. The zero-order valence-corrected chi connectivity index (χ0v) is 15.4. The lowest BCUT2D eigenvalue weighted by atomic mass is 10.3. The van der Waals surface area contributed by atoms with Gasteiger partial charge in [-0.2, -0.15) is 0 Å². The average Bonchev–Trinajstić information content (AvgIpc) is 3.04. The van der Waals surface area contributed by atoms with Crippen LogP contribution < -0.4 is 14.2 Å². The lowest BCUT2D eigenvalue weighted by Gasteiger charge is -2.11. The number of hydrogen-bond donors (Lipinski definition) is 1. The molecule has 0 amide bonds. The van der Waals surface area contributed by atoms with Crippen molar-refractivity contribution in [1.82, 2.24) is 0 Å². The molecule has 130 valence electrons. The van der Waals surface area contributed by atoms with E-state index in [9.17, 15) is 8.42 Å². The molecule has 0 aliphatic carbocycles. The molecule has 3 aromatic rings. The average molecular weight is 375 g/mol. The van der Waals surface area contributed by atoms with Crippen molar-refractivity contribution < 1.29 is 17.9 Å². The number of nitrogens with one attached hydrogen (secondary N) is 1. The van der Waals surface area contributed by atoms with Crippen molar-refractivity contribution in [1.29, 1.82) is 0 Å². The van der Waals surface area contributed by atoms with E-state index in [0.29, 0.717) is 27.1 Å². The van der Waals surface area contributed by atoms with Gasteiger partial charge < -0.3 is 9.47 Å². The van der Waals surface area contributed by atoms with Gasteiger partial charge in [-0.1, -0.05) is 12.1 Å². The highest BCUT2D eigenvalue weighted by molar-refractivity contribution is 7.94. The fourth-order valence-electron chi connectivity index (χ4n) is 2.18. The Morgan fingerprint density at radius 3 is 2.20 bits per heavy atom. The molecule has 0 saturated heterocycles. The Kier molecular flexibility index (Phi) is 4.96. The van der Waals surface area contributed by atoms with Crippen LogP contribution in [0.5, 0.6) is 17.2 Å². The highest BCUT2D eigenvalue weighted by Gasteiger charge is 2.16. The zero-order chi connectivity index (χ0) is 17.9. The summed E-state index contributed by atoms with van der Waals surface area (Å²) in [5.41, 5.74) is 0.471. The topological polar surface area (TPSA) is 64.6 Å². The summed E-state index contributed by atoms with van der Waals surface area (Å²) in [6.07, 6.45) is 0. The SMILES string of the molecule is COc1ccccc1Oc1ccc(NS(=O)(=O)c2ccc(C)s2)cc1. The molecule has 0 saturated carbocycles. The molecule has 5 nitrogen and oxygen atoms in total. The van der Waals surface area contributed by atoms with Crippen LogP contribution in [0.2, 0.25) is 0 Å². The fourth-order valence-corrected chi connectivity index (χ4v) is 4.52. The van der Waals surface area contributed by atoms with Gasteiger partial charge in [0.05, 0.1) is 7.11 Å². The summed E-state index contributed by atoms with van der Waals surface area (Å²) in [7, 11) is -1.99. The van der Waals surface area contributed by atoms with Crippen molar-refractivity contribution >= 4 is 27.0 Å². The van der Waals surface area contributed by atoms with E-state index in [4.69, 9.17) is 9.47 Å². The smallest absolute Gasteiger partial charge is 0.271 e. The molecule has 2 aromatic carbocycles. The summed E-state index contributed by atoms with van der Waals surface area (Å²) in [5, 5.41) is 0. The van der Waals surface area contributed by atoms with Gasteiger partial charge in [-0.25, -0.2) is 8.42 Å². The Bertz CT molecular complexity index is 963. The maximum absolute atomic E-state index is 12.3. The second-order valence-electron chi connectivity index (χ2n) is 5.25. The molecule has 0 atom stereocenters. The summed E-state index contributed by atoms with van der Waals surface area (Å²) in [5.74, 6) is 1.80. The van der Waals surface area contributed by atoms with Crippen LogP contribution in [0, 0.1) is 6.92 Å². The van der Waals surface area contributed by atoms with Crippen LogP contribution in [0.15, 0.2) is 64.9 Å². The Hall–Kier alpha value is -2.51. The first-order valence-electron chi connectivity index (χ1n) is 7.48. The highest BCUT2D eigenvalue weighted by atomic mass is 32.2. The van der Waals surface area contributed by atoms with Crippen LogP contribution in [0.3, 0.4) is 0 Å². The molecule has 7 heteroatoms. The molecule has 1 aromatic heterocycles. The Morgan fingerprint density at radius 2 is 1.60 bits per heavy atom. The molecule has 25 heavy (non-hydrogen) atoms. The number of anilines is 1. The minimum absolute atomic E-state index is 0.291. The molecule has 3 rings (SSSR count). The summed E-state index contributed by atoms with van der Waals surface area (Å²) in [6, 6.07) is 17.4.